The number of hydrogen-bond acceptors (Lipinski definition) is 5. The minimum absolute atomic E-state index is 0.0110. The summed E-state index contributed by atoms with van der Waals surface area (Å²) in [4.78, 5) is 4.60. The summed E-state index contributed by atoms with van der Waals surface area (Å²) in [6, 6.07) is 0. The first-order valence-electron chi connectivity index (χ1n) is 5.55. The maximum absolute atomic E-state index is 12.3. The van der Waals surface area contributed by atoms with Crippen LogP contribution in [-0.4, -0.2) is 36.4 Å². The predicted molar refractivity (Wildman–Crippen MR) is 80.8 cm³/mol. The highest BCUT2D eigenvalue weighted by molar-refractivity contribution is 7.98. The highest BCUT2D eigenvalue weighted by atomic mass is 35.5. The number of sulfonamides is 1. The molecule has 5 nitrogen and oxygen atoms in total. The molecular weight excluding hydrogens is 326 g/mol. The van der Waals surface area contributed by atoms with Crippen LogP contribution in [0.25, 0.3) is 4.96 Å². The first kappa shape index (κ1) is 15.1. The van der Waals surface area contributed by atoms with Crippen molar-refractivity contribution >= 4 is 49.7 Å². The molecule has 9 heteroatoms. The van der Waals surface area contributed by atoms with Crippen molar-refractivity contribution in [2.75, 3.05) is 18.6 Å². The number of halogens is 1. The first-order chi connectivity index (χ1) is 8.95. The van der Waals surface area contributed by atoms with Crippen LogP contribution in [0.4, 0.5) is 0 Å². The molecule has 0 saturated heterocycles. The van der Waals surface area contributed by atoms with Gasteiger partial charge in [-0.05, 0) is 17.9 Å². The lowest BCUT2D eigenvalue weighted by molar-refractivity contribution is 0.558. The Bertz CT molecular complexity index is 665. The third-order valence-electron chi connectivity index (χ3n) is 2.51. The number of hydrogen-bond donors (Lipinski definition) is 1. The minimum atomic E-state index is -3.64. The monoisotopic (exact) mass is 339 g/mol. The summed E-state index contributed by atoms with van der Waals surface area (Å²) in [6.07, 6.45) is 3.65. The molecule has 106 valence electrons. The zero-order valence-corrected chi connectivity index (χ0v) is 13.7. The molecule has 0 fully saturated rings. The van der Waals surface area contributed by atoms with E-state index in [1.54, 1.807) is 23.3 Å². The summed E-state index contributed by atoms with van der Waals surface area (Å²) in [5, 5.41) is 1.80. The lowest BCUT2D eigenvalue weighted by atomic mass is 10.2. The van der Waals surface area contributed by atoms with Crippen LogP contribution in [0.5, 0.6) is 0 Å². The Labute approximate surface area is 125 Å². The average molecular weight is 340 g/mol. The molecule has 0 spiro atoms. The van der Waals surface area contributed by atoms with Crippen LogP contribution in [-0.2, 0) is 10.0 Å². The predicted octanol–water partition coefficient (Wildman–Crippen LogP) is 2.33. The van der Waals surface area contributed by atoms with E-state index in [4.69, 9.17) is 11.6 Å². The number of aromatic nitrogens is 2. The molecule has 19 heavy (non-hydrogen) atoms. The summed E-state index contributed by atoms with van der Waals surface area (Å²) in [6.45, 7) is 2.38. The molecule has 1 N–H and O–H groups in total. The Balaban J connectivity index is 2.24. The van der Waals surface area contributed by atoms with Crippen molar-refractivity contribution in [1.82, 2.24) is 14.1 Å². The fraction of sp³-hybridized carbons (Fsp3) is 0.500. The van der Waals surface area contributed by atoms with Crippen molar-refractivity contribution in [3.8, 4) is 0 Å². The summed E-state index contributed by atoms with van der Waals surface area (Å²) < 4.78 is 28.6. The van der Waals surface area contributed by atoms with E-state index in [0.29, 0.717) is 11.5 Å². The van der Waals surface area contributed by atoms with Gasteiger partial charge < -0.3 is 0 Å². The van der Waals surface area contributed by atoms with Crippen LogP contribution in [0.3, 0.4) is 0 Å². The lowest BCUT2D eigenvalue weighted by Gasteiger charge is -2.11. The Morgan fingerprint density at radius 1 is 1.63 bits per heavy atom. The third-order valence-corrected chi connectivity index (χ3v) is 5.99. The van der Waals surface area contributed by atoms with Gasteiger partial charge in [0.1, 0.15) is 0 Å². The maximum Gasteiger partial charge on any atom is 0.259 e. The van der Waals surface area contributed by atoms with Gasteiger partial charge in [-0.1, -0.05) is 18.5 Å². The van der Waals surface area contributed by atoms with Gasteiger partial charge >= 0.3 is 0 Å². The normalized spacial score (nSPS) is 14.1. The Hall–Kier alpha value is -0.280. The van der Waals surface area contributed by atoms with E-state index in [1.807, 2.05) is 13.2 Å². The van der Waals surface area contributed by atoms with Gasteiger partial charge in [0.05, 0.1) is 0 Å². The molecule has 2 rings (SSSR count). The SMILES string of the molecule is CSCC(C)CNS(=O)(=O)c1c(Cl)nc2sccn12. The second-order valence-corrected chi connectivity index (χ2v) is 8.00. The molecule has 2 aromatic heterocycles. The van der Waals surface area contributed by atoms with Crippen molar-refractivity contribution in [3.63, 3.8) is 0 Å². The van der Waals surface area contributed by atoms with E-state index in [9.17, 15) is 8.42 Å². The zero-order chi connectivity index (χ0) is 14.0. The van der Waals surface area contributed by atoms with Crippen molar-refractivity contribution in [2.45, 2.75) is 11.9 Å². The molecule has 0 aliphatic heterocycles. The van der Waals surface area contributed by atoms with Crippen molar-refractivity contribution < 1.29 is 8.42 Å². The molecule has 0 saturated carbocycles. The summed E-state index contributed by atoms with van der Waals surface area (Å²) in [5.74, 6) is 1.16. The van der Waals surface area contributed by atoms with Crippen LogP contribution in [0.15, 0.2) is 16.6 Å². The van der Waals surface area contributed by atoms with E-state index >= 15 is 0 Å². The van der Waals surface area contributed by atoms with Gasteiger partial charge in [0, 0.05) is 18.1 Å². The standard InChI is InChI=1S/C10H14ClN3O2S3/c1-7(6-17-2)5-12-19(15,16)9-8(11)13-10-14(9)3-4-18-10/h3-4,7,12H,5-6H2,1-2H3. The Morgan fingerprint density at radius 3 is 3.05 bits per heavy atom. The average Bonchev–Trinajstić information content (AvgIpc) is 2.86. The van der Waals surface area contributed by atoms with Crippen LogP contribution in [0.1, 0.15) is 6.92 Å². The molecule has 0 aliphatic carbocycles. The number of rotatable bonds is 6. The van der Waals surface area contributed by atoms with E-state index in [0.717, 1.165) is 5.75 Å². The van der Waals surface area contributed by atoms with Crippen LogP contribution in [0, 0.1) is 5.92 Å². The Morgan fingerprint density at radius 2 is 2.37 bits per heavy atom. The second kappa shape index (κ2) is 6.01. The number of imidazole rings is 1. The zero-order valence-electron chi connectivity index (χ0n) is 10.5. The smallest absolute Gasteiger partial charge is 0.259 e. The molecule has 0 radical (unpaired) electrons. The highest BCUT2D eigenvalue weighted by Gasteiger charge is 2.25. The van der Waals surface area contributed by atoms with Crippen molar-refractivity contribution in [3.05, 3.63) is 16.7 Å². The molecule has 2 aromatic rings. The maximum atomic E-state index is 12.3. The highest BCUT2D eigenvalue weighted by Crippen LogP contribution is 2.25. The number of nitrogens with zero attached hydrogens (tertiary/aromatic N) is 2. The van der Waals surface area contributed by atoms with E-state index in [2.05, 4.69) is 9.71 Å². The van der Waals surface area contributed by atoms with Crippen LogP contribution >= 0.6 is 34.7 Å². The largest absolute Gasteiger partial charge is 0.279 e. The molecule has 1 atom stereocenters. The minimum Gasteiger partial charge on any atom is -0.279 e. The quantitative estimate of drug-likeness (QED) is 0.877. The van der Waals surface area contributed by atoms with Gasteiger partial charge in [-0.25, -0.2) is 18.1 Å². The number of nitrogens with one attached hydrogen (secondary N) is 1. The Kier molecular flexibility index (Phi) is 4.78. The second-order valence-electron chi connectivity index (χ2n) is 4.18. The van der Waals surface area contributed by atoms with E-state index < -0.39 is 10.0 Å². The molecule has 1 unspecified atom stereocenters. The van der Waals surface area contributed by atoms with Gasteiger partial charge in [0.2, 0.25) is 0 Å². The molecule has 0 aliphatic rings. The van der Waals surface area contributed by atoms with Gasteiger partial charge in [0.15, 0.2) is 15.1 Å². The molecular formula is C10H14ClN3O2S3. The third kappa shape index (κ3) is 3.25. The van der Waals surface area contributed by atoms with E-state index in [-0.39, 0.29) is 16.1 Å². The molecule has 0 bridgehead atoms. The first-order valence-corrected chi connectivity index (χ1v) is 9.69. The van der Waals surface area contributed by atoms with Gasteiger partial charge in [-0.3, -0.25) is 4.40 Å². The van der Waals surface area contributed by atoms with Crippen molar-refractivity contribution in [2.24, 2.45) is 5.92 Å². The fourth-order valence-electron chi connectivity index (χ4n) is 1.64. The van der Waals surface area contributed by atoms with Crippen LogP contribution < -0.4 is 4.72 Å². The van der Waals surface area contributed by atoms with Gasteiger partial charge in [-0.2, -0.15) is 11.8 Å². The number of thiazole rings is 1. The summed E-state index contributed by atoms with van der Waals surface area (Å²) >= 11 is 8.95. The van der Waals surface area contributed by atoms with Gasteiger partial charge in [0.25, 0.3) is 10.0 Å². The topological polar surface area (TPSA) is 63.5 Å². The summed E-state index contributed by atoms with van der Waals surface area (Å²) in [5.41, 5.74) is 0. The molecule has 2 heterocycles. The number of thioether (sulfide) groups is 1. The van der Waals surface area contributed by atoms with Crippen molar-refractivity contribution in [1.29, 1.82) is 0 Å². The fourth-order valence-corrected chi connectivity index (χ4v) is 4.94. The molecule has 0 amide bonds. The van der Waals surface area contributed by atoms with E-state index in [1.165, 1.54) is 15.7 Å². The molecule has 0 aromatic carbocycles. The summed E-state index contributed by atoms with van der Waals surface area (Å²) in [7, 11) is -3.64. The number of fused-ring (bicyclic) bond motifs is 1. The van der Waals surface area contributed by atoms with Gasteiger partial charge in [-0.15, -0.1) is 11.3 Å². The van der Waals surface area contributed by atoms with Crippen LogP contribution in [0.2, 0.25) is 5.15 Å². The lowest BCUT2D eigenvalue weighted by Crippen LogP contribution is -2.30.